The van der Waals surface area contributed by atoms with E-state index in [2.05, 4.69) is 11.1 Å². The molecule has 0 saturated carbocycles. The van der Waals surface area contributed by atoms with E-state index >= 15 is 0 Å². The van der Waals surface area contributed by atoms with Crippen molar-refractivity contribution in [3.63, 3.8) is 0 Å². The van der Waals surface area contributed by atoms with Crippen LogP contribution in [0, 0.1) is 0 Å². The van der Waals surface area contributed by atoms with Crippen molar-refractivity contribution in [3.8, 4) is 23.1 Å². The number of phenols is 1. The van der Waals surface area contributed by atoms with Crippen LogP contribution in [0.25, 0.3) is 12.2 Å². The molecule has 2 rings (SSSR count). The van der Waals surface area contributed by atoms with Crippen LogP contribution in [0.5, 0.6) is 23.1 Å². The molecular weight excluding hydrogens is 330 g/mol. The number of pyridine rings is 1. The SMILES string of the molecule is COc1cc(C=Cc2cc(O)c(CC=C(C)C)c(OC)c2)nc(OC)c1. The lowest BCUT2D eigenvalue weighted by molar-refractivity contribution is 0.382. The van der Waals surface area contributed by atoms with Crippen LogP contribution >= 0.6 is 0 Å². The van der Waals surface area contributed by atoms with Gasteiger partial charge in [0, 0.05) is 17.7 Å². The van der Waals surface area contributed by atoms with Crippen molar-refractivity contribution in [3.05, 3.63) is 52.7 Å². The van der Waals surface area contributed by atoms with Crippen molar-refractivity contribution in [2.75, 3.05) is 21.3 Å². The molecule has 26 heavy (non-hydrogen) atoms. The zero-order valence-electron chi connectivity index (χ0n) is 15.9. The summed E-state index contributed by atoms with van der Waals surface area (Å²) in [5, 5.41) is 10.4. The molecule has 0 fully saturated rings. The Kier molecular flexibility index (Phi) is 6.67. The summed E-state index contributed by atoms with van der Waals surface area (Å²) < 4.78 is 15.9. The standard InChI is InChI=1S/C21H25NO4/c1-14(2)6-9-18-19(23)10-15(11-20(18)25-4)7-8-16-12-17(24-3)13-21(22-16)26-5/h6-8,10-13,23H,9H2,1-5H3. The van der Waals surface area contributed by atoms with Gasteiger partial charge >= 0.3 is 0 Å². The fourth-order valence-electron chi connectivity index (χ4n) is 2.43. The highest BCUT2D eigenvalue weighted by Crippen LogP contribution is 2.31. The van der Waals surface area contributed by atoms with E-state index in [4.69, 9.17) is 14.2 Å². The van der Waals surface area contributed by atoms with Crippen molar-refractivity contribution in [1.29, 1.82) is 0 Å². The number of hydrogen-bond donors (Lipinski definition) is 1. The number of aromatic nitrogens is 1. The van der Waals surface area contributed by atoms with E-state index in [1.807, 2.05) is 32.1 Å². The summed E-state index contributed by atoms with van der Waals surface area (Å²) >= 11 is 0. The molecule has 5 nitrogen and oxygen atoms in total. The largest absolute Gasteiger partial charge is 0.507 e. The van der Waals surface area contributed by atoms with E-state index in [1.165, 1.54) is 5.57 Å². The van der Waals surface area contributed by atoms with Crippen LogP contribution in [0.3, 0.4) is 0 Å². The Morgan fingerprint density at radius 3 is 2.38 bits per heavy atom. The van der Waals surface area contributed by atoms with E-state index in [0.29, 0.717) is 29.5 Å². The van der Waals surface area contributed by atoms with Gasteiger partial charge in [-0.05, 0) is 44.0 Å². The van der Waals surface area contributed by atoms with Crippen LogP contribution in [0.15, 0.2) is 35.9 Å². The third-order valence-electron chi connectivity index (χ3n) is 3.83. The molecule has 0 aliphatic carbocycles. The van der Waals surface area contributed by atoms with Gasteiger partial charge in [-0.1, -0.05) is 17.7 Å². The molecule has 0 radical (unpaired) electrons. The van der Waals surface area contributed by atoms with Crippen LogP contribution in [0.1, 0.15) is 30.7 Å². The quantitative estimate of drug-likeness (QED) is 0.742. The van der Waals surface area contributed by atoms with Gasteiger partial charge < -0.3 is 19.3 Å². The van der Waals surface area contributed by atoms with Gasteiger partial charge in [-0.2, -0.15) is 0 Å². The van der Waals surface area contributed by atoms with Gasteiger partial charge in [-0.15, -0.1) is 0 Å². The van der Waals surface area contributed by atoms with E-state index in [-0.39, 0.29) is 5.75 Å². The van der Waals surface area contributed by atoms with E-state index < -0.39 is 0 Å². The molecule has 1 aromatic heterocycles. The van der Waals surface area contributed by atoms with Gasteiger partial charge in [0.15, 0.2) is 0 Å². The third-order valence-corrected chi connectivity index (χ3v) is 3.83. The van der Waals surface area contributed by atoms with Crippen molar-refractivity contribution in [2.45, 2.75) is 20.3 Å². The molecule has 0 aliphatic rings. The molecule has 0 amide bonds. The van der Waals surface area contributed by atoms with Gasteiger partial charge in [0.2, 0.25) is 5.88 Å². The third kappa shape index (κ3) is 5.02. The number of nitrogens with zero attached hydrogens (tertiary/aromatic N) is 1. The minimum Gasteiger partial charge on any atom is -0.507 e. The Balaban J connectivity index is 2.33. The average Bonchev–Trinajstić information content (AvgIpc) is 2.64. The number of allylic oxidation sites excluding steroid dienone is 2. The van der Waals surface area contributed by atoms with Gasteiger partial charge in [0.1, 0.15) is 17.2 Å². The van der Waals surface area contributed by atoms with Crippen molar-refractivity contribution < 1.29 is 19.3 Å². The average molecular weight is 355 g/mol. The first-order valence-corrected chi connectivity index (χ1v) is 8.28. The molecule has 1 heterocycles. The monoisotopic (exact) mass is 355 g/mol. The fraction of sp³-hybridized carbons (Fsp3) is 0.286. The van der Waals surface area contributed by atoms with Crippen LogP contribution in [-0.2, 0) is 6.42 Å². The Morgan fingerprint density at radius 1 is 1.00 bits per heavy atom. The lowest BCUT2D eigenvalue weighted by atomic mass is 10.0. The summed E-state index contributed by atoms with van der Waals surface area (Å²) in [6.45, 7) is 4.05. The highest BCUT2D eigenvalue weighted by molar-refractivity contribution is 5.71. The van der Waals surface area contributed by atoms with E-state index in [0.717, 1.165) is 11.1 Å². The van der Waals surface area contributed by atoms with Crippen molar-refractivity contribution in [1.82, 2.24) is 4.98 Å². The predicted octanol–water partition coefficient (Wildman–Crippen LogP) is 4.49. The topological polar surface area (TPSA) is 60.8 Å². The van der Waals surface area contributed by atoms with Crippen LogP contribution in [0.4, 0.5) is 0 Å². The Labute approximate surface area is 154 Å². The zero-order valence-corrected chi connectivity index (χ0v) is 15.9. The summed E-state index contributed by atoms with van der Waals surface area (Å²) in [5.74, 6) is 1.99. The smallest absolute Gasteiger partial charge is 0.217 e. The molecule has 0 aliphatic heterocycles. The molecule has 1 aromatic carbocycles. The van der Waals surface area contributed by atoms with Gasteiger partial charge in [0.25, 0.3) is 0 Å². The first-order chi connectivity index (χ1) is 12.5. The van der Waals surface area contributed by atoms with Crippen molar-refractivity contribution >= 4 is 12.2 Å². The van der Waals surface area contributed by atoms with E-state index in [9.17, 15) is 5.11 Å². The molecule has 0 spiro atoms. The zero-order chi connectivity index (χ0) is 19.1. The molecule has 2 aromatic rings. The number of methoxy groups -OCH3 is 3. The minimum atomic E-state index is 0.206. The van der Waals surface area contributed by atoms with Gasteiger partial charge in [0.05, 0.1) is 27.0 Å². The Bertz CT molecular complexity index is 799. The summed E-state index contributed by atoms with van der Waals surface area (Å²) in [6, 6.07) is 7.12. The van der Waals surface area contributed by atoms with Crippen LogP contribution in [0.2, 0.25) is 0 Å². The minimum absolute atomic E-state index is 0.206. The summed E-state index contributed by atoms with van der Waals surface area (Å²) in [5.41, 5.74) is 3.46. The number of ether oxygens (including phenoxy) is 3. The summed E-state index contributed by atoms with van der Waals surface area (Å²) in [4.78, 5) is 4.36. The highest BCUT2D eigenvalue weighted by atomic mass is 16.5. The molecule has 0 bridgehead atoms. The number of aromatic hydroxyl groups is 1. The van der Waals surface area contributed by atoms with Gasteiger partial charge in [-0.3, -0.25) is 0 Å². The molecule has 0 atom stereocenters. The second-order valence-electron chi connectivity index (χ2n) is 6.01. The maximum atomic E-state index is 10.4. The second kappa shape index (κ2) is 8.94. The molecule has 0 unspecified atom stereocenters. The van der Waals surface area contributed by atoms with Crippen molar-refractivity contribution in [2.24, 2.45) is 0 Å². The predicted molar refractivity (Wildman–Crippen MR) is 104 cm³/mol. The summed E-state index contributed by atoms with van der Waals surface area (Å²) in [7, 11) is 4.75. The van der Waals surface area contributed by atoms with Crippen LogP contribution < -0.4 is 14.2 Å². The number of benzene rings is 1. The lowest BCUT2D eigenvalue weighted by Gasteiger charge is -2.11. The Hall–Kier alpha value is -2.95. The molecule has 138 valence electrons. The van der Waals surface area contributed by atoms with Crippen LogP contribution in [-0.4, -0.2) is 31.4 Å². The number of rotatable bonds is 7. The molecular formula is C21H25NO4. The maximum Gasteiger partial charge on any atom is 0.217 e. The number of phenolic OH excluding ortho intramolecular Hbond substituents is 1. The fourth-order valence-corrected chi connectivity index (χ4v) is 2.43. The first kappa shape index (κ1) is 19.4. The van der Waals surface area contributed by atoms with E-state index in [1.54, 1.807) is 39.5 Å². The maximum absolute atomic E-state index is 10.4. The Morgan fingerprint density at radius 2 is 1.77 bits per heavy atom. The van der Waals surface area contributed by atoms with Gasteiger partial charge in [-0.25, -0.2) is 4.98 Å². The second-order valence-corrected chi connectivity index (χ2v) is 6.01. The highest BCUT2D eigenvalue weighted by Gasteiger charge is 2.09. The molecule has 1 N–H and O–H groups in total. The lowest BCUT2D eigenvalue weighted by Crippen LogP contribution is -1.94. The normalized spacial score (nSPS) is 10.7. The summed E-state index contributed by atoms with van der Waals surface area (Å²) in [6.07, 6.45) is 6.36. The molecule has 5 heteroatoms. The number of hydrogen-bond acceptors (Lipinski definition) is 5. The molecule has 0 saturated heterocycles. The first-order valence-electron chi connectivity index (χ1n) is 8.28.